The monoisotopic (exact) mass is 1980 g/mol. The third-order valence-electron chi connectivity index (χ3n) is 20.2. The van der Waals surface area contributed by atoms with Crippen LogP contribution < -0.4 is 66.3 Å². The number of carbonyl (C=O) groups is 2. The van der Waals surface area contributed by atoms with Gasteiger partial charge in [0.05, 0.1) is 78.1 Å². The van der Waals surface area contributed by atoms with E-state index >= 15 is 0 Å². The van der Waals surface area contributed by atoms with Crippen molar-refractivity contribution in [3.63, 3.8) is 0 Å². The van der Waals surface area contributed by atoms with Crippen LogP contribution in [0.2, 0.25) is 5.02 Å². The molecule has 1 fully saturated rings. The van der Waals surface area contributed by atoms with Gasteiger partial charge in [-0.25, -0.2) is 4.39 Å². The Bertz CT molecular complexity index is 5290. The van der Waals surface area contributed by atoms with E-state index in [0.717, 1.165) is 165 Å². The maximum atomic E-state index is 12.9. The molecule has 772 valence electrons. The summed E-state index contributed by atoms with van der Waals surface area (Å²) >= 11 is 5.92. The van der Waals surface area contributed by atoms with E-state index < -0.39 is 5.97 Å². The van der Waals surface area contributed by atoms with Crippen molar-refractivity contribution in [3.8, 4) is 91.6 Å². The van der Waals surface area contributed by atoms with Crippen LogP contribution >= 0.6 is 11.6 Å². The van der Waals surface area contributed by atoms with Crippen LogP contribution in [0.1, 0.15) is 151 Å². The second-order valence-electron chi connectivity index (χ2n) is 34.3. The van der Waals surface area contributed by atoms with Gasteiger partial charge in [0.2, 0.25) is 0 Å². The second-order valence-corrected chi connectivity index (χ2v) is 34.7. The number of carbonyl (C=O) groups excluding carboxylic acids is 1. The van der Waals surface area contributed by atoms with Crippen LogP contribution in [0.4, 0.5) is 4.39 Å². The van der Waals surface area contributed by atoms with Crippen molar-refractivity contribution in [2.75, 3.05) is 150 Å². The Morgan fingerprint density at radius 2 is 0.683 bits per heavy atom. The summed E-state index contributed by atoms with van der Waals surface area (Å²) < 4.78 is 123. The normalized spacial score (nSPS) is 11.0. The Labute approximate surface area is 847 Å². The number of aliphatic carboxylic acids is 1. The summed E-state index contributed by atoms with van der Waals surface area (Å²) in [5, 5.41) is 9.07. The molecule has 1 amide bonds. The highest BCUT2D eigenvalue weighted by molar-refractivity contribution is 6.31. The molecule has 142 heavy (non-hydrogen) atoms. The highest BCUT2D eigenvalue weighted by atomic mass is 35.5. The van der Waals surface area contributed by atoms with Gasteiger partial charge in [0.1, 0.15) is 83.1 Å². The number of nitrogens with zero attached hydrogens (tertiary/aromatic N) is 1. The molecule has 0 aromatic heterocycles. The van der Waals surface area contributed by atoms with E-state index in [1.165, 1.54) is 54.3 Å². The maximum absolute atomic E-state index is 12.9. The molecule has 0 saturated heterocycles. The first kappa shape index (κ1) is 118. The van der Waals surface area contributed by atoms with Gasteiger partial charge in [-0.05, 0) is 259 Å². The molecule has 0 aliphatic heterocycles. The minimum atomic E-state index is -0.898. The lowest BCUT2D eigenvalue weighted by Crippen LogP contribution is -2.21. The Morgan fingerprint density at radius 1 is 0.352 bits per heavy atom. The topological polar surface area (TPSA) is 242 Å². The molecule has 11 aromatic carbocycles. The van der Waals surface area contributed by atoms with Crippen LogP contribution in [0.3, 0.4) is 0 Å². The zero-order chi connectivity index (χ0) is 103. The third-order valence-corrected chi connectivity index (χ3v) is 20.6. The van der Waals surface area contributed by atoms with Crippen molar-refractivity contribution in [2.45, 2.75) is 172 Å². The van der Waals surface area contributed by atoms with Crippen molar-refractivity contribution in [1.29, 1.82) is 0 Å². The molecule has 26 heteroatoms. The van der Waals surface area contributed by atoms with E-state index in [9.17, 15) is 14.0 Å². The van der Waals surface area contributed by atoms with Crippen molar-refractivity contribution in [2.24, 2.45) is 0 Å². The lowest BCUT2D eigenvalue weighted by molar-refractivity contribution is -0.137. The minimum Gasteiger partial charge on any atom is -0.493 e. The van der Waals surface area contributed by atoms with Gasteiger partial charge in [0.15, 0.2) is 23.0 Å². The Balaban J connectivity index is 0.000000255. The number of benzene rings is 11. The van der Waals surface area contributed by atoms with Gasteiger partial charge in [-0.15, -0.1) is 0 Å². The van der Waals surface area contributed by atoms with Gasteiger partial charge >= 0.3 is 5.97 Å². The van der Waals surface area contributed by atoms with Crippen LogP contribution in [0, 0.1) is 54.3 Å². The summed E-state index contributed by atoms with van der Waals surface area (Å²) in [6.07, 6.45) is 8.24. The predicted octanol–water partition coefficient (Wildman–Crippen LogP) is 25.3. The Kier molecular flexibility index (Phi) is 57.2. The first-order valence-corrected chi connectivity index (χ1v) is 48.5. The number of rotatable bonds is 52. The molecule has 1 aliphatic rings. The standard InChI is InChI=1S/C21H27NO4.C20H26O3.C18H21FO3.C18H22O3.C14H20O3.C14H22O3.C11H13ClO4/c1-16-12-19(25-11-5-10-24-4)14-20(13-16)26-15-17-6-8-18(9-7-17)21(23)22(2)3;1-15(2)23-20-14-18(17-9-6-5-7-10-17)16(3)13-19(20)22-12-8-11-21-4;1-14-10-17(21-9-3-8-20-2)12-18(11-14)22-13-15-4-6-16(19)7-5-15;1-15-11-17(20-10-6-9-19-2)13-18(12-15)21-14-16-7-4-3-5-8-16;1-11-8-13(16-7-3-6-15-2)10-14(9-11)17-12-4-5-12;1-11(2)17-14-9-12(3)8-13(10-14)16-7-5-6-15-4;1-7-5-10(16-4-3-11(13)14)9(15-2)6-8(7)12/h6-9,12-14H,5,10-11,15H2,1-4H3;5-7,9-10,13-15H,8,11-12H2,1-4H3;4-7,10-12H,3,8-9,13H2,1-2H3;3-5,7-8,11-13H,6,9-10,14H2,1-2H3;8-10,12H,3-7H2,1-2H3;8-11H,5-7H2,1-4H3;5-6H,3-4H2,1-2H3,(H,13,14). The first-order chi connectivity index (χ1) is 68.5. The summed E-state index contributed by atoms with van der Waals surface area (Å²) in [5.74, 6) is 9.74. The molecule has 0 spiro atoms. The lowest BCUT2D eigenvalue weighted by atomic mass is 10.00. The zero-order valence-electron chi connectivity index (χ0n) is 86.9. The number of hydrogen-bond acceptors (Lipinski definition) is 22. The smallest absolute Gasteiger partial charge is 0.306 e. The van der Waals surface area contributed by atoms with E-state index in [2.05, 4.69) is 56.3 Å². The fraction of sp³-hybridized carbons (Fsp3) is 0.414. The number of hydrogen-bond donors (Lipinski definition) is 1. The van der Waals surface area contributed by atoms with E-state index in [0.29, 0.717) is 114 Å². The highest BCUT2D eigenvalue weighted by Crippen LogP contribution is 2.39. The molecular weight excluding hydrogens is 1830 g/mol. The second kappa shape index (κ2) is 68.6. The van der Waals surface area contributed by atoms with E-state index in [4.69, 9.17) is 111 Å². The number of methoxy groups -OCH3 is 7. The number of ether oxygens (including phenoxy) is 20. The van der Waals surface area contributed by atoms with Gasteiger partial charge < -0.3 is 105 Å². The van der Waals surface area contributed by atoms with Gasteiger partial charge in [-0.3, -0.25) is 9.59 Å². The Hall–Kier alpha value is -12.5. The van der Waals surface area contributed by atoms with Crippen molar-refractivity contribution >= 4 is 23.5 Å². The lowest BCUT2D eigenvalue weighted by Gasteiger charge is -2.18. The summed E-state index contributed by atoms with van der Waals surface area (Å²) in [5.41, 5.74) is 13.7. The zero-order valence-corrected chi connectivity index (χ0v) is 87.7. The van der Waals surface area contributed by atoms with Crippen LogP contribution in [-0.2, 0) is 53.0 Å². The fourth-order valence-corrected chi connectivity index (χ4v) is 13.4. The largest absolute Gasteiger partial charge is 0.493 e. The molecule has 0 radical (unpaired) electrons. The van der Waals surface area contributed by atoms with E-state index in [1.54, 1.807) is 85.9 Å². The van der Waals surface area contributed by atoms with Crippen LogP contribution in [0.15, 0.2) is 224 Å². The molecule has 0 bridgehead atoms. The molecule has 1 saturated carbocycles. The minimum absolute atomic E-state index is 0.00795. The van der Waals surface area contributed by atoms with Crippen molar-refractivity contribution < 1.29 is 114 Å². The quantitative estimate of drug-likeness (QED) is 0.0348. The summed E-state index contributed by atoms with van der Waals surface area (Å²) in [7, 11) is 15.1. The predicted molar refractivity (Wildman–Crippen MR) is 560 cm³/mol. The molecule has 24 nitrogen and oxygen atoms in total. The van der Waals surface area contributed by atoms with E-state index in [-0.39, 0.29) is 37.0 Å². The SMILES string of the molecule is COCCCOc1cc(C)c(-c2ccccc2)cc1OC(C)C.COCCCOc1cc(C)cc(OC(C)C)c1.COCCCOc1cc(C)cc(OC2CC2)c1.COCCCOc1cc(C)cc(OCc2ccc(C(=O)N(C)C)cc2)c1.COCCCOc1cc(C)cc(OCc2ccc(F)cc2)c1.COCCCOc1cc(C)cc(OCc2ccccc2)c1.COc1cc(Cl)c(C)cc1OCCC(=O)O. The van der Waals surface area contributed by atoms with E-state index in [1.807, 2.05) is 208 Å². The summed E-state index contributed by atoms with van der Waals surface area (Å²) in [6, 6.07) is 71.4. The molecule has 12 rings (SSSR count). The van der Waals surface area contributed by atoms with Crippen molar-refractivity contribution in [1.82, 2.24) is 4.90 Å². The van der Waals surface area contributed by atoms with Crippen LogP contribution in [0.25, 0.3) is 11.1 Å². The van der Waals surface area contributed by atoms with Gasteiger partial charge in [0.25, 0.3) is 5.91 Å². The van der Waals surface area contributed by atoms with Crippen LogP contribution in [-0.4, -0.2) is 190 Å². The number of aryl methyl sites for hydroxylation is 7. The molecule has 1 aliphatic carbocycles. The Morgan fingerprint density at radius 3 is 1.06 bits per heavy atom. The average Bonchev–Trinajstić information content (AvgIpc) is 0.841. The highest BCUT2D eigenvalue weighted by Gasteiger charge is 2.24. The third kappa shape index (κ3) is 50.3. The fourth-order valence-electron chi connectivity index (χ4n) is 13.2. The van der Waals surface area contributed by atoms with Gasteiger partial charge in [-0.2, -0.15) is 0 Å². The number of carboxylic acids is 1. The van der Waals surface area contributed by atoms with Gasteiger partial charge in [0, 0.05) is 182 Å². The van der Waals surface area contributed by atoms with Gasteiger partial charge in [-0.1, -0.05) is 96.5 Å². The molecule has 0 heterocycles. The summed E-state index contributed by atoms with van der Waals surface area (Å²) in [6.45, 7) is 31.7. The first-order valence-electron chi connectivity index (χ1n) is 48.1. The molecule has 1 N–H and O–H groups in total. The average molecular weight is 1980 g/mol. The van der Waals surface area contributed by atoms with Crippen molar-refractivity contribution in [3.05, 3.63) is 296 Å². The van der Waals surface area contributed by atoms with Crippen LogP contribution in [0.5, 0.6) is 80.5 Å². The molecule has 0 unspecified atom stereocenters. The maximum Gasteiger partial charge on any atom is 0.306 e. The number of halogens is 2. The molecular formula is C116H151ClFNO23. The summed E-state index contributed by atoms with van der Waals surface area (Å²) in [4.78, 5) is 23.8. The number of amides is 1. The molecule has 11 aromatic rings. The molecule has 0 atom stereocenters. The number of carboxylic acid groups (broad SMARTS) is 1.